The van der Waals surface area contributed by atoms with Gasteiger partial charge < -0.3 is 19.1 Å². The van der Waals surface area contributed by atoms with E-state index in [4.69, 9.17) is 14.6 Å². The highest BCUT2D eigenvalue weighted by Crippen LogP contribution is 2.27. The number of aromatic carboxylic acids is 1. The number of hydrogen-bond donors (Lipinski definition) is 1. The van der Waals surface area contributed by atoms with Crippen molar-refractivity contribution < 1.29 is 19.4 Å². The number of carboxylic acids is 1. The van der Waals surface area contributed by atoms with Gasteiger partial charge in [-0.1, -0.05) is 0 Å². The molecule has 0 unspecified atom stereocenters. The lowest BCUT2D eigenvalue weighted by Gasteiger charge is -2.26. The molecule has 0 amide bonds. The summed E-state index contributed by atoms with van der Waals surface area (Å²) in [5.41, 5.74) is 1.62. The van der Waals surface area contributed by atoms with Crippen LogP contribution in [0.15, 0.2) is 18.5 Å². The number of carboxylic acid groups (broad SMARTS) is 1. The number of carbonyl (C=O) groups is 1. The Morgan fingerprint density at radius 1 is 1.63 bits per heavy atom. The second-order valence-corrected chi connectivity index (χ2v) is 4.53. The van der Waals surface area contributed by atoms with Crippen LogP contribution in [0.5, 0.6) is 5.75 Å². The van der Waals surface area contributed by atoms with E-state index < -0.39 is 5.97 Å². The van der Waals surface area contributed by atoms with Crippen molar-refractivity contribution in [3.8, 4) is 5.75 Å². The maximum atomic E-state index is 11.1. The van der Waals surface area contributed by atoms with Crippen LogP contribution in [0.2, 0.25) is 0 Å². The number of aromatic nitrogens is 2. The summed E-state index contributed by atoms with van der Waals surface area (Å²) in [5, 5.41) is 9.12. The first-order valence-corrected chi connectivity index (χ1v) is 6.07. The number of imidazole rings is 1. The van der Waals surface area contributed by atoms with Crippen LogP contribution in [0.25, 0.3) is 11.0 Å². The minimum absolute atomic E-state index is 0.192. The Labute approximate surface area is 109 Å². The van der Waals surface area contributed by atoms with E-state index >= 15 is 0 Å². The van der Waals surface area contributed by atoms with E-state index in [0.717, 1.165) is 18.5 Å². The van der Waals surface area contributed by atoms with E-state index in [9.17, 15) is 4.79 Å². The van der Waals surface area contributed by atoms with Gasteiger partial charge in [-0.25, -0.2) is 9.78 Å². The molecule has 1 atom stereocenters. The molecule has 0 bridgehead atoms. The summed E-state index contributed by atoms with van der Waals surface area (Å²) >= 11 is 0. The minimum atomic E-state index is -0.979. The normalized spacial score (nSPS) is 18.3. The number of nitrogens with zero attached hydrogens (tertiary/aromatic N) is 2. The molecule has 1 aromatic carbocycles. The second kappa shape index (κ2) is 4.55. The van der Waals surface area contributed by atoms with Crippen LogP contribution in [0, 0.1) is 0 Å². The van der Waals surface area contributed by atoms with E-state index in [1.165, 1.54) is 13.2 Å². The van der Waals surface area contributed by atoms with Gasteiger partial charge in [0.25, 0.3) is 0 Å². The molecule has 1 N–H and O–H groups in total. The third kappa shape index (κ3) is 2.04. The molecule has 1 aromatic heterocycles. The molecule has 0 spiro atoms. The van der Waals surface area contributed by atoms with Gasteiger partial charge in [0.05, 0.1) is 37.2 Å². The maximum Gasteiger partial charge on any atom is 0.335 e. The summed E-state index contributed by atoms with van der Waals surface area (Å²) in [6, 6.07) is 3.10. The van der Waals surface area contributed by atoms with E-state index in [1.807, 2.05) is 4.57 Å². The number of fused-ring (bicyclic) bond motifs is 1. The summed E-state index contributed by atoms with van der Waals surface area (Å²) in [6.45, 7) is 1.48. The van der Waals surface area contributed by atoms with E-state index in [1.54, 1.807) is 12.4 Å². The van der Waals surface area contributed by atoms with Gasteiger partial charge in [-0.2, -0.15) is 0 Å². The van der Waals surface area contributed by atoms with Gasteiger partial charge in [-0.3, -0.25) is 0 Å². The number of hydrogen-bond acceptors (Lipinski definition) is 4. The zero-order valence-electron chi connectivity index (χ0n) is 10.5. The van der Waals surface area contributed by atoms with E-state index in [0.29, 0.717) is 17.8 Å². The minimum Gasteiger partial charge on any atom is -0.494 e. The fourth-order valence-electron chi connectivity index (χ4n) is 2.20. The molecule has 6 nitrogen and oxygen atoms in total. The van der Waals surface area contributed by atoms with Crippen LogP contribution in [-0.4, -0.2) is 40.4 Å². The average Bonchev–Trinajstić information content (AvgIpc) is 2.75. The number of rotatable bonds is 4. The Hall–Kier alpha value is -2.08. The third-order valence-corrected chi connectivity index (χ3v) is 3.35. The van der Waals surface area contributed by atoms with Crippen molar-refractivity contribution in [2.24, 2.45) is 0 Å². The van der Waals surface area contributed by atoms with Crippen LogP contribution in [0.4, 0.5) is 0 Å². The molecule has 3 rings (SSSR count). The van der Waals surface area contributed by atoms with Gasteiger partial charge in [-0.05, 0) is 18.6 Å². The van der Waals surface area contributed by atoms with Crippen LogP contribution in [0.1, 0.15) is 16.8 Å². The Morgan fingerprint density at radius 3 is 3.00 bits per heavy atom. The lowest BCUT2D eigenvalue weighted by atomic mass is 10.1. The highest BCUT2D eigenvalue weighted by molar-refractivity contribution is 5.95. The molecular formula is C13H14N2O4. The molecule has 1 aliphatic rings. The van der Waals surface area contributed by atoms with Gasteiger partial charge in [0.15, 0.2) is 0 Å². The topological polar surface area (TPSA) is 73.6 Å². The zero-order valence-corrected chi connectivity index (χ0v) is 10.5. The summed E-state index contributed by atoms with van der Waals surface area (Å²) in [6.07, 6.45) is 2.91. The lowest BCUT2D eigenvalue weighted by Crippen LogP contribution is -2.30. The Morgan fingerprint density at radius 2 is 2.42 bits per heavy atom. The predicted molar refractivity (Wildman–Crippen MR) is 67.6 cm³/mol. The molecule has 2 heterocycles. The molecule has 1 aliphatic heterocycles. The molecule has 1 saturated heterocycles. The zero-order chi connectivity index (χ0) is 13.4. The third-order valence-electron chi connectivity index (χ3n) is 3.35. The summed E-state index contributed by atoms with van der Waals surface area (Å²) in [5.74, 6) is -0.504. The van der Waals surface area contributed by atoms with Gasteiger partial charge in [-0.15, -0.1) is 0 Å². The highest BCUT2D eigenvalue weighted by atomic mass is 16.5. The molecule has 19 heavy (non-hydrogen) atoms. The van der Waals surface area contributed by atoms with Gasteiger partial charge in [0.2, 0.25) is 0 Å². The summed E-state index contributed by atoms with van der Waals surface area (Å²) in [7, 11) is 1.51. The molecule has 0 radical (unpaired) electrons. The van der Waals surface area contributed by atoms with Crippen molar-refractivity contribution in [3.05, 3.63) is 24.0 Å². The molecular weight excluding hydrogens is 248 g/mol. The summed E-state index contributed by atoms with van der Waals surface area (Å²) in [4.78, 5) is 15.4. The molecule has 0 aliphatic carbocycles. The Balaban J connectivity index is 2.08. The lowest BCUT2D eigenvalue weighted by molar-refractivity contribution is -0.0586. The van der Waals surface area contributed by atoms with Crippen molar-refractivity contribution in [1.29, 1.82) is 0 Å². The number of ether oxygens (including phenoxy) is 2. The van der Waals surface area contributed by atoms with Crippen LogP contribution >= 0.6 is 0 Å². The fraction of sp³-hybridized carbons (Fsp3) is 0.385. The second-order valence-electron chi connectivity index (χ2n) is 4.53. The van der Waals surface area contributed by atoms with Gasteiger partial charge in [0.1, 0.15) is 11.3 Å². The van der Waals surface area contributed by atoms with Crippen molar-refractivity contribution in [2.45, 2.75) is 19.1 Å². The SMILES string of the molecule is COc1cc(C(=O)O)cc2c1ncn2C[C@@H]1CCO1. The Kier molecular flexibility index (Phi) is 2.87. The largest absolute Gasteiger partial charge is 0.494 e. The predicted octanol–water partition coefficient (Wildman–Crippen LogP) is 1.53. The standard InChI is InChI=1S/C13H14N2O4/c1-18-11-5-8(13(16)17)4-10-12(11)14-7-15(10)6-9-2-3-19-9/h4-5,7,9H,2-3,6H2,1H3,(H,16,17)/t9-/m0/s1. The maximum absolute atomic E-state index is 11.1. The van der Waals surface area contributed by atoms with Crippen LogP contribution in [-0.2, 0) is 11.3 Å². The molecule has 100 valence electrons. The molecule has 2 aromatic rings. The van der Waals surface area contributed by atoms with Crippen molar-refractivity contribution in [3.63, 3.8) is 0 Å². The van der Waals surface area contributed by atoms with Crippen molar-refractivity contribution >= 4 is 17.0 Å². The van der Waals surface area contributed by atoms with Gasteiger partial charge in [0, 0.05) is 6.61 Å². The van der Waals surface area contributed by atoms with Crippen molar-refractivity contribution in [2.75, 3.05) is 13.7 Å². The number of methoxy groups -OCH3 is 1. The first-order chi connectivity index (χ1) is 9.19. The molecule has 0 saturated carbocycles. The first-order valence-electron chi connectivity index (χ1n) is 6.07. The monoisotopic (exact) mass is 262 g/mol. The fourth-order valence-corrected chi connectivity index (χ4v) is 2.20. The molecule has 1 fully saturated rings. The number of benzene rings is 1. The van der Waals surface area contributed by atoms with Crippen LogP contribution in [0.3, 0.4) is 0 Å². The average molecular weight is 262 g/mol. The van der Waals surface area contributed by atoms with Crippen LogP contribution < -0.4 is 4.74 Å². The smallest absolute Gasteiger partial charge is 0.335 e. The highest BCUT2D eigenvalue weighted by Gasteiger charge is 2.21. The van der Waals surface area contributed by atoms with E-state index in [-0.39, 0.29) is 11.7 Å². The van der Waals surface area contributed by atoms with Gasteiger partial charge >= 0.3 is 5.97 Å². The van der Waals surface area contributed by atoms with E-state index in [2.05, 4.69) is 4.98 Å². The molecule has 6 heteroatoms. The summed E-state index contributed by atoms with van der Waals surface area (Å²) < 4.78 is 12.5. The first kappa shape index (κ1) is 12.0. The van der Waals surface area contributed by atoms with Crippen molar-refractivity contribution in [1.82, 2.24) is 9.55 Å². The Bertz CT molecular complexity index is 631. The quantitative estimate of drug-likeness (QED) is 0.904.